The van der Waals surface area contributed by atoms with Crippen LogP contribution in [0, 0.1) is 16.5 Å². The number of hydrogen-bond donors (Lipinski definition) is 1. The number of hydrogen-bond acceptors (Lipinski definition) is 6. The molecule has 0 radical (unpaired) electrons. The van der Waals surface area contributed by atoms with Gasteiger partial charge in [-0.25, -0.2) is 14.7 Å². The molecule has 30 heavy (non-hydrogen) atoms. The summed E-state index contributed by atoms with van der Waals surface area (Å²) in [6.07, 6.45) is 5.85. The van der Waals surface area contributed by atoms with E-state index in [1.807, 2.05) is 20.8 Å². The molecule has 1 saturated carbocycles. The fraction of sp³-hybridized carbons (Fsp3) is 0.550. The molecule has 0 bridgehead atoms. The van der Waals surface area contributed by atoms with Crippen molar-refractivity contribution in [3.8, 4) is 5.82 Å². The molecular formula is C20H26N6O4. The van der Waals surface area contributed by atoms with Crippen LogP contribution in [-0.4, -0.2) is 51.8 Å². The van der Waals surface area contributed by atoms with Crippen LogP contribution in [0.15, 0.2) is 18.6 Å². The zero-order chi connectivity index (χ0) is 21.8. The molecule has 3 atom stereocenters. The van der Waals surface area contributed by atoms with Crippen molar-refractivity contribution in [3.05, 3.63) is 40.7 Å². The molecular weight excluding hydrogens is 388 g/mol. The Morgan fingerprint density at radius 2 is 2.17 bits per heavy atom. The molecule has 2 amide bonds. The second-order valence-electron chi connectivity index (χ2n) is 9.00. The van der Waals surface area contributed by atoms with Gasteiger partial charge in [-0.3, -0.25) is 14.4 Å². The molecule has 4 rings (SSSR count). The summed E-state index contributed by atoms with van der Waals surface area (Å²) in [5.74, 6) is 0.428. The number of rotatable bonds is 5. The van der Waals surface area contributed by atoms with Crippen molar-refractivity contribution in [1.29, 1.82) is 0 Å². The first-order valence-corrected chi connectivity index (χ1v) is 9.91. The quantitative estimate of drug-likeness (QED) is 0.438. The van der Waals surface area contributed by atoms with Crippen molar-refractivity contribution in [2.75, 3.05) is 14.2 Å². The Morgan fingerprint density at radius 1 is 1.43 bits per heavy atom. The van der Waals surface area contributed by atoms with Crippen LogP contribution in [0.25, 0.3) is 5.82 Å². The van der Waals surface area contributed by atoms with Crippen LogP contribution in [0.4, 0.5) is 0 Å². The van der Waals surface area contributed by atoms with Crippen LogP contribution < -0.4 is 10.0 Å². The average Bonchev–Trinajstić information content (AvgIpc) is 3.18. The predicted octanol–water partition coefficient (Wildman–Crippen LogP) is 0.725. The zero-order valence-electron chi connectivity index (χ0n) is 17.7. The maximum absolute atomic E-state index is 13.2. The van der Waals surface area contributed by atoms with Crippen molar-refractivity contribution in [2.24, 2.45) is 11.3 Å². The Hall–Kier alpha value is -3.01. The van der Waals surface area contributed by atoms with Crippen LogP contribution in [0.2, 0.25) is 0 Å². The normalized spacial score (nSPS) is 20.3. The van der Waals surface area contributed by atoms with Gasteiger partial charge in [0.2, 0.25) is 12.0 Å². The first-order valence-electron chi connectivity index (χ1n) is 9.91. The van der Waals surface area contributed by atoms with Gasteiger partial charge in [0, 0.05) is 18.5 Å². The van der Waals surface area contributed by atoms with Crippen LogP contribution in [0.3, 0.4) is 0 Å². The first-order chi connectivity index (χ1) is 14.1. The lowest BCUT2D eigenvalue weighted by atomic mass is 9.86. The van der Waals surface area contributed by atoms with E-state index in [9.17, 15) is 14.8 Å². The molecule has 1 N–H and O–H groups in total. The smallest absolute Gasteiger partial charge is 0.272 e. The minimum Gasteiger partial charge on any atom is -0.619 e. The Bertz CT molecular complexity index is 1010. The van der Waals surface area contributed by atoms with Gasteiger partial charge in [0.05, 0.1) is 19.0 Å². The van der Waals surface area contributed by atoms with Gasteiger partial charge in [0.25, 0.3) is 11.8 Å². The summed E-state index contributed by atoms with van der Waals surface area (Å²) in [6, 6.07) is -0.801. The van der Waals surface area contributed by atoms with Crippen LogP contribution in [0.5, 0.6) is 0 Å². The summed E-state index contributed by atoms with van der Waals surface area (Å²) >= 11 is 0. The molecule has 0 unspecified atom stereocenters. The van der Waals surface area contributed by atoms with E-state index in [1.54, 1.807) is 4.68 Å². The third kappa shape index (κ3) is 3.41. The Kier molecular flexibility index (Phi) is 4.76. The van der Waals surface area contributed by atoms with E-state index in [0.29, 0.717) is 22.4 Å². The highest BCUT2D eigenvalue weighted by molar-refractivity contribution is 5.97. The molecule has 2 aliphatic carbocycles. The Labute approximate surface area is 174 Å². The molecule has 0 spiro atoms. The van der Waals surface area contributed by atoms with Gasteiger partial charge < -0.3 is 10.5 Å². The van der Waals surface area contributed by atoms with E-state index in [2.05, 4.69) is 15.4 Å². The summed E-state index contributed by atoms with van der Waals surface area (Å²) < 4.78 is 2.26. The second kappa shape index (κ2) is 7.05. The van der Waals surface area contributed by atoms with Gasteiger partial charge in [-0.05, 0) is 24.2 Å². The maximum Gasteiger partial charge on any atom is 0.272 e. The van der Waals surface area contributed by atoms with E-state index in [4.69, 9.17) is 4.84 Å². The fourth-order valence-electron chi connectivity index (χ4n) is 4.07. The number of carbonyl (C=O) groups is 2. The lowest BCUT2D eigenvalue weighted by Gasteiger charge is -2.32. The number of fused-ring (bicyclic) bond motifs is 3. The minimum absolute atomic E-state index is 0.280. The number of carbonyl (C=O) groups excluding carboxylic acids is 2. The molecule has 2 heterocycles. The van der Waals surface area contributed by atoms with Crippen LogP contribution >= 0.6 is 0 Å². The summed E-state index contributed by atoms with van der Waals surface area (Å²) in [7, 11) is 2.90. The third-order valence-corrected chi connectivity index (χ3v) is 5.83. The molecule has 0 aliphatic heterocycles. The molecule has 2 aromatic heterocycles. The van der Waals surface area contributed by atoms with Crippen molar-refractivity contribution >= 4 is 11.8 Å². The summed E-state index contributed by atoms with van der Waals surface area (Å²) in [5.41, 5.74) is 1.55. The molecule has 160 valence electrons. The fourth-order valence-corrected chi connectivity index (χ4v) is 4.07. The Balaban J connectivity index is 1.69. The number of aromatic nitrogens is 4. The van der Waals surface area contributed by atoms with E-state index >= 15 is 0 Å². The van der Waals surface area contributed by atoms with E-state index < -0.39 is 17.4 Å². The second-order valence-corrected chi connectivity index (χ2v) is 9.00. The van der Waals surface area contributed by atoms with Gasteiger partial charge in [-0.15, -0.1) is 0 Å². The van der Waals surface area contributed by atoms with Crippen LogP contribution in [0.1, 0.15) is 54.9 Å². The molecule has 10 nitrogen and oxygen atoms in total. The van der Waals surface area contributed by atoms with E-state index in [-0.39, 0.29) is 11.6 Å². The topological polar surface area (TPSA) is 116 Å². The van der Waals surface area contributed by atoms with Gasteiger partial charge in [0.1, 0.15) is 6.04 Å². The Morgan fingerprint density at radius 3 is 2.80 bits per heavy atom. The highest BCUT2D eigenvalue weighted by atomic mass is 16.7. The molecule has 0 saturated heterocycles. The highest BCUT2D eigenvalue weighted by Gasteiger charge is 2.50. The van der Waals surface area contributed by atoms with Crippen LogP contribution in [-0.2, 0) is 16.1 Å². The van der Waals surface area contributed by atoms with Crippen molar-refractivity contribution < 1.29 is 19.2 Å². The number of nitrogens with zero attached hydrogens (tertiary/aromatic N) is 5. The first kappa shape index (κ1) is 20.3. The summed E-state index contributed by atoms with van der Waals surface area (Å²) in [6.45, 7) is 5.62. The summed E-state index contributed by atoms with van der Waals surface area (Å²) in [5, 5.41) is 20.2. The lowest BCUT2D eigenvalue weighted by Crippen LogP contribution is -2.53. The minimum atomic E-state index is -0.801. The zero-order valence-corrected chi connectivity index (χ0v) is 17.7. The number of nitrogens with one attached hydrogen (secondary N) is 1. The van der Waals surface area contributed by atoms with Gasteiger partial charge in [-0.2, -0.15) is 9.83 Å². The van der Waals surface area contributed by atoms with E-state index in [1.165, 1.54) is 32.7 Å². The summed E-state index contributed by atoms with van der Waals surface area (Å²) in [4.78, 5) is 35.2. The number of hydroxylamine groups is 2. The molecule has 1 fully saturated rings. The standard InChI is InChI=1S/C20H26N6O4/c1-20(2,3)17(19(28)24(4)30-5)22-18(27)15-13-9-11-8-12(11)16(13)26(23-15)14-10-25(29)7-6-21-14/h6-7,10-12,17H,8-9H2,1-5H3,(H,22,27)/t11-,12-,17-/m1/s1. The molecule has 2 aliphatic rings. The maximum atomic E-state index is 13.2. The van der Waals surface area contributed by atoms with Gasteiger partial charge in [-0.1, -0.05) is 20.8 Å². The highest BCUT2D eigenvalue weighted by Crippen LogP contribution is 2.57. The number of amides is 2. The SMILES string of the molecule is CON(C)C(=O)[C@@H](NC(=O)c1nn(-c2c[n+]([O-])ccn2)c2c1C[C@H]1C[C@@H]21)C(C)(C)C. The third-order valence-electron chi connectivity index (χ3n) is 5.83. The molecule has 0 aromatic carbocycles. The van der Waals surface area contributed by atoms with E-state index in [0.717, 1.165) is 29.2 Å². The molecule has 2 aromatic rings. The number of likely N-dealkylation sites (N-methyl/N-ethyl adjacent to an activating group) is 1. The molecule has 10 heteroatoms. The van der Waals surface area contributed by atoms with Gasteiger partial charge in [0.15, 0.2) is 11.9 Å². The lowest BCUT2D eigenvalue weighted by molar-refractivity contribution is -0.605. The van der Waals surface area contributed by atoms with Gasteiger partial charge >= 0.3 is 0 Å². The largest absolute Gasteiger partial charge is 0.619 e. The van der Waals surface area contributed by atoms with Crippen molar-refractivity contribution in [3.63, 3.8) is 0 Å². The monoisotopic (exact) mass is 414 g/mol. The average molecular weight is 414 g/mol. The van der Waals surface area contributed by atoms with Crippen molar-refractivity contribution in [2.45, 2.75) is 45.6 Å². The predicted molar refractivity (Wildman–Crippen MR) is 105 cm³/mol. The van der Waals surface area contributed by atoms with Crippen molar-refractivity contribution in [1.82, 2.24) is 25.1 Å².